The molecule has 0 atom stereocenters. The highest BCUT2D eigenvalue weighted by Gasteiger charge is 2.41. The number of hydrogen-bond donors (Lipinski definition) is 4. The summed E-state index contributed by atoms with van der Waals surface area (Å²) in [5.74, 6) is 0.691. The van der Waals surface area contributed by atoms with E-state index >= 15 is 0 Å². The van der Waals surface area contributed by atoms with Gasteiger partial charge >= 0.3 is 6.09 Å². The number of rotatable bonds is 7. The average molecular weight is 470 g/mol. The molecule has 0 spiro atoms. The number of carbonyl (C=O) groups excluding carboxylic acids is 1. The molecule has 0 aromatic carbocycles. The second-order valence-corrected chi connectivity index (χ2v) is 8.22. The topological polar surface area (TPSA) is 95.0 Å². The van der Waals surface area contributed by atoms with Gasteiger partial charge in [-0.05, 0) is 54.4 Å². The minimum absolute atomic E-state index is 0. The molecule has 0 heterocycles. The van der Waals surface area contributed by atoms with E-state index in [2.05, 4.69) is 20.9 Å². The molecule has 1 amide bonds. The van der Waals surface area contributed by atoms with Gasteiger partial charge in [-0.2, -0.15) is 0 Å². The number of carbonyl (C=O) groups is 1. The monoisotopic (exact) mass is 470 g/mol. The van der Waals surface area contributed by atoms with E-state index in [9.17, 15) is 9.90 Å². The average Bonchev–Trinajstić information content (AvgIpc) is 3.20. The zero-order chi connectivity index (χ0) is 18.4. The Hall–Kier alpha value is -0.770. The normalized spacial score (nSPS) is 16.5. The van der Waals surface area contributed by atoms with Gasteiger partial charge in [0.05, 0.1) is 18.7 Å². The van der Waals surface area contributed by atoms with E-state index in [0.717, 1.165) is 19.4 Å². The summed E-state index contributed by atoms with van der Waals surface area (Å²) >= 11 is 0. The number of nitrogens with zero attached hydrogens (tertiary/aromatic N) is 1. The Bertz CT molecular complexity index is 457. The van der Waals surface area contributed by atoms with Crippen LogP contribution in [0.25, 0.3) is 0 Å². The lowest BCUT2D eigenvalue weighted by atomic mass is 10.1. The van der Waals surface area contributed by atoms with Crippen LogP contribution in [0.3, 0.4) is 0 Å². The molecule has 8 heteroatoms. The molecule has 148 valence electrons. The van der Waals surface area contributed by atoms with E-state index < -0.39 is 17.2 Å². The Morgan fingerprint density at radius 2 is 1.80 bits per heavy atom. The number of nitrogens with one attached hydrogen (secondary N) is 3. The number of ether oxygens (including phenoxy) is 1. The van der Waals surface area contributed by atoms with E-state index in [1.165, 1.54) is 0 Å². The van der Waals surface area contributed by atoms with E-state index in [4.69, 9.17) is 4.74 Å². The molecule has 1 aliphatic rings. The first kappa shape index (κ1) is 24.2. The summed E-state index contributed by atoms with van der Waals surface area (Å²) in [5, 5.41) is 18.7. The predicted molar refractivity (Wildman–Crippen MR) is 112 cm³/mol. The lowest BCUT2D eigenvalue weighted by molar-refractivity contribution is 0.0476. The Kier molecular flexibility index (Phi) is 9.50. The van der Waals surface area contributed by atoms with Crippen LogP contribution in [0.2, 0.25) is 0 Å². The molecule has 0 aromatic heterocycles. The Labute approximate surface area is 168 Å². The second-order valence-electron chi connectivity index (χ2n) is 8.22. The first-order valence-corrected chi connectivity index (χ1v) is 8.65. The number of amides is 1. The molecule has 25 heavy (non-hydrogen) atoms. The van der Waals surface area contributed by atoms with E-state index in [1.807, 2.05) is 41.5 Å². The summed E-state index contributed by atoms with van der Waals surface area (Å²) in [6, 6.07) is 0. The van der Waals surface area contributed by atoms with Crippen LogP contribution < -0.4 is 16.0 Å². The van der Waals surface area contributed by atoms with Gasteiger partial charge in [-0.1, -0.05) is 0 Å². The molecule has 0 unspecified atom stereocenters. The van der Waals surface area contributed by atoms with Crippen molar-refractivity contribution < 1.29 is 14.6 Å². The van der Waals surface area contributed by atoms with Crippen molar-refractivity contribution in [3.8, 4) is 0 Å². The minimum atomic E-state index is -0.529. The highest BCUT2D eigenvalue weighted by molar-refractivity contribution is 14.0. The predicted octanol–water partition coefficient (Wildman–Crippen LogP) is 2.24. The minimum Gasteiger partial charge on any atom is -0.444 e. The van der Waals surface area contributed by atoms with E-state index in [-0.39, 0.29) is 36.0 Å². The molecule has 4 N–H and O–H groups in total. The fourth-order valence-electron chi connectivity index (χ4n) is 2.08. The largest absolute Gasteiger partial charge is 0.444 e. The second kappa shape index (κ2) is 9.80. The van der Waals surface area contributed by atoms with Gasteiger partial charge < -0.3 is 25.8 Å². The van der Waals surface area contributed by atoms with Crippen LogP contribution in [-0.2, 0) is 4.74 Å². The number of aliphatic imine (C=N–C) groups is 1. The van der Waals surface area contributed by atoms with Crippen LogP contribution in [0.15, 0.2) is 4.99 Å². The van der Waals surface area contributed by atoms with Crippen LogP contribution in [0, 0.1) is 5.41 Å². The highest BCUT2D eigenvalue weighted by Crippen LogP contribution is 2.44. The molecule has 1 saturated carbocycles. The Morgan fingerprint density at radius 3 is 2.24 bits per heavy atom. The maximum absolute atomic E-state index is 11.9. The van der Waals surface area contributed by atoms with Crippen LogP contribution >= 0.6 is 24.0 Å². The van der Waals surface area contributed by atoms with Crippen LogP contribution in [-0.4, -0.2) is 54.5 Å². The lowest BCUT2D eigenvalue weighted by Crippen LogP contribution is -2.49. The van der Waals surface area contributed by atoms with Crippen molar-refractivity contribution >= 4 is 36.0 Å². The maximum Gasteiger partial charge on any atom is 0.408 e. The SMILES string of the molecule is CCNC(=NCC(C)(C)NC(=O)OC(C)(C)C)NCC1(CO)CC1.I. The van der Waals surface area contributed by atoms with Gasteiger partial charge in [-0.15, -0.1) is 24.0 Å². The number of aliphatic hydroxyl groups excluding tert-OH is 1. The summed E-state index contributed by atoms with van der Waals surface area (Å²) in [6.45, 7) is 13.4. The molecule has 1 aliphatic carbocycles. The molecule has 0 aliphatic heterocycles. The third-order valence-electron chi connectivity index (χ3n) is 3.74. The summed E-state index contributed by atoms with van der Waals surface area (Å²) in [5.41, 5.74) is -1.04. The standard InChI is InChI=1S/C17H34N4O3.HI/c1-7-18-13(20-11-17(12-22)8-9-17)19-10-16(5,6)21-14(23)24-15(2,3)4;/h22H,7-12H2,1-6H3,(H,21,23)(H2,18,19,20);1H. The van der Waals surface area contributed by atoms with Crippen molar-refractivity contribution in [2.24, 2.45) is 10.4 Å². The Morgan fingerprint density at radius 1 is 1.20 bits per heavy atom. The summed E-state index contributed by atoms with van der Waals surface area (Å²) in [7, 11) is 0. The Balaban J connectivity index is 0.00000576. The molecule has 0 radical (unpaired) electrons. The van der Waals surface area contributed by atoms with Crippen molar-refractivity contribution in [3.05, 3.63) is 0 Å². The van der Waals surface area contributed by atoms with E-state index in [0.29, 0.717) is 19.0 Å². The zero-order valence-electron chi connectivity index (χ0n) is 16.4. The van der Waals surface area contributed by atoms with Gasteiger partial charge in [0.15, 0.2) is 5.96 Å². The van der Waals surface area contributed by atoms with Gasteiger partial charge in [0, 0.05) is 18.5 Å². The smallest absolute Gasteiger partial charge is 0.408 e. The van der Waals surface area contributed by atoms with Crippen molar-refractivity contribution in [3.63, 3.8) is 0 Å². The van der Waals surface area contributed by atoms with Crippen molar-refractivity contribution in [2.75, 3.05) is 26.2 Å². The first-order valence-electron chi connectivity index (χ1n) is 8.65. The number of halogens is 1. The number of aliphatic hydroxyl groups is 1. The third kappa shape index (κ3) is 10.1. The van der Waals surface area contributed by atoms with Gasteiger partial charge in [0.1, 0.15) is 5.60 Å². The van der Waals surface area contributed by atoms with Gasteiger partial charge in [0.25, 0.3) is 0 Å². The lowest BCUT2D eigenvalue weighted by Gasteiger charge is -2.27. The maximum atomic E-state index is 11.9. The summed E-state index contributed by atoms with van der Waals surface area (Å²) in [6.07, 6.45) is 1.64. The van der Waals surface area contributed by atoms with Crippen molar-refractivity contribution in [1.82, 2.24) is 16.0 Å². The number of hydrogen-bond acceptors (Lipinski definition) is 4. The quantitative estimate of drug-likeness (QED) is 0.260. The molecule has 1 rings (SSSR count). The van der Waals surface area contributed by atoms with Gasteiger partial charge in [-0.3, -0.25) is 4.99 Å². The summed E-state index contributed by atoms with van der Waals surface area (Å²) < 4.78 is 5.29. The molecule has 0 aromatic rings. The molecular weight excluding hydrogens is 435 g/mol. The third-order valence-corrected chi connectivity index (χ3v) is 3.74. The molecular formula is C17H35IN4O3. The van der Waals surface area contributed by atoms with Crippen LogP contribution in [0.5, 0.6) is 0 Å². The molecule has 0 bridgehead atoms. The zero-order valence-corrected chi connectivity index (χ0v) is 18.7. The number of guanidine groups is 1. The highest BCUT2D eigenvalue weighted by atomic mass is 127. The van der Waals surface area contributed by atoms with Crippen molar-refractivity contribution in [1.29, 1.82) is 0 Å². The van der Waals surface area contributed by atoms with Crippen LogP contribution in [0.4, 0.5) is 4.79 Å². The van der Waals surface area contributed by atoms with Crippen LogP contribution in [0.1, 0.15) is 54.4 Å². The molecule has 1 fully saturated rings. The van der Waals surface area contributed by atoms with Crippen molar-refractivity contribution in [2.45, 2.75) is 65.5 Å². The summed E-state index contributed by atoms with van der Waals surface area (Å²) in [4.78, 5) is 16.5. The molecule has 0 saturated heterocycles. The fraction of sp³-hybridized carbons (Fsp3) is 0.882. The first-order chi connectivity index (χ1) is 11.0. The van der Waals surface area contributed by atoms with E-state index in [1.54, 1.807) is 0 Å². The number of alkyl carbamates (subject to hydrolysis) is 1. The van der Waals surface area contributed by atoms with Gasteiger partial charge in [-0.25, -0.2) is 4.79 Å². The van der Waals surface area contributed by atoms with Gasteiger partial charge in [0.2, 0.25) is 0 Å². The molecule has 7 nitrogen and oxygen atoms in total. The fourth-order valence-corrected chi connectivity index (χ4v) is 2.08.